The van der Waals surface area contributed by atoms with Gasteiger partial charge in [0.05, 0.1) is 5.92 Å². The van der Waals surface area contributed by atoms with Gasteiger partial charge in [-0.2, -0.15) is 0 Å². The fourth-order valence-electron chi connectivity index (χ4n) is 1.77. The summed E-state index contributed by atoms with van der Waals surface area (Å²) in [4.78, 5) is 32.9. The van der Waals surface area contributed by atoms with Crippen LogP contribution in [0.1, 0.15) is 12.8 Å². The van der Waals surface area contributed by atoms with Crippen molar-refractivity contribution in [3.63, 3.8) is 0 Å². The molecule has 0 bridgehead atoms. The van der Waals surface area contributed by atoms with Crippen LogP contribution in [0, 0.1) is 5.92 Å². The monoisotopic (exact) mass is 217 g/mol. The van der Waals surface area contributed by atoms with Crippen LogP contribution in [0.4, 0.5) is 4.79 Å². The van der Waals surface area contributed by atoms with E-state index in [0.29, 0.717) is 11.3 Å². The molecule has 1 heterocycles. The minimum absolute atomic E-state index is 0.0656. The number of likely N-dealkylation sites (tertiary alicyclic amines) is 1. The molecule has 7 nitrogen and oxygen atoms in total. The number of carboxylic acids is 2. The first-order valence-corrected chi connectivity index (χ1v) is 4.40. The average molecular weight is 217 g/mol. The maximum Gasteiger partial charge on any atom is 0.408 e. The van der Waals surface area contributed by atoms with E-state index in [4.69, 9.17) is 15.3 Å². The highest BCUT2D eigenvalue weighted by atomic mass is 16.4. The number of rotatable bonds is 2. The van der Waals surface area contributed by atoms with Crippen molar-refractivity contribution >= 4 is 18.0 Å². The van der Waals surface area contributed by atoms with Crippen LogP contribution < -0.4 is 0 Å². The molecule has 15 heavy (non-hydrogen) atoms. The largest absolute Gasteiger partial charge is 0.481 e. The summed E-state index contributed by atoms with van der Waals surface area (Å²) in [5, 5.41) is 26.3. The highest BCUT2D eigenvalue weighted by Crippen LogP contribution is 2.24. The Bertz CT molecular complexity index is 280. The van der Waals surface area contributed by atoms with E-state index in [-0.39, 0.29) is 13.0 Å². The Morgan fingerprint density at radius 3 is 2.07 bits per heavy atom. The normalized spacial score (nSPS) is 26.0. The number of piperidine rings is 1. The van der Waals surface area contributed by atoms with E-state index < -0.39 is 30.0 Å². The van der Waals surface area contributed by atoms with Crippen LogP contribution in [0.25, 0.3) is 0 Å². The average Bonchev–Trinajstić information content (AvgIpc) is 2.16. The van der Waals surface area contributed by atoms with Crippen molar-refractivity contribution in [2.24, 2.45) is 5.92 Å². The minimum Gasteiger partial charge on any atom is -0.481 e. The molecule has 0 radical (unpaired) electrons. The third-order valence-electron chi connectivity index (χ3n) is 2.45. The van der Waals surface area contributed by atoms with E-state index >= 15 is 0 Å². The number of aliphatic carboxylic acids is 2. The Hall–Kier alpha value is -1.79. The summed E-state index contributed by atoms with van der Waals surface area (Å²) in [6.07, 6.45) is -0.836. The van der Waals surface area contributed by atoms with Crippen molar-refractivity contribution in [2.75, 3.05) is 6.54 Å². The molecular formula is C8H11NO6. The maximum absolute atomic E-state index is 10.8. The molecule has 1 aliphatic heterocycles. The molecule has 0 aliphatic carbocycles. The molecule has 1 rings (SSSR count). The molecule has 1 aliphatic rings. The Morgan fingerprint density at radius 2 is 1.67 bits per heavy atom. The molecule has 84 valence electrons. The van der Waals surface area contributed by atoms with Crippen LogP contribution in [-0.2, 0) is 9.59 Å². The summed E-state index contributed by atoms with van der Waals surface area (Å²) in [7, 11) is 0. The number of carbonyl (C=O) groups is 3. The second-order valence-corrected chi connectivity index (χ2v) is 3.35. The molecule has 0 aromatic carbocycles. The summed E-state index contributed by atoms with van der Waals surface area (Å²) in [5.74, 6) is -3.84. The number of amides is 1. The molecule has 2 atom stereocenters. The summed E-state index contributed by atoms with van der Waals surface area (Å²) in [5.41, 5.74) is 0. The van der Waals surface area contributed by atoms with Crippen molar-refractivity contribution < 1.29 is 29.7 Å². The van der Waals surface area contributed by atoms with Crippen LogP contribution in [0.15, 0.2) is 0 Å². The number of hydrogen-bond donors (Lipinski definition) is 3. The van der Waals surface area contributed by atoms with E-state index in [1.54, 1.807) is 0 Å². The second kappa shape index (κ2) is 4.16. The van der Waals surface area contributed by atoms with Gasteiger partial charge in [0.1, 0.15) is 6.04 Å². The van der Waals surface area contributed by atoms with Gasteiger partial charge >= 0.3 is 18.0 Å². The topological polar surface area (TPSA) is 115 Å². The Labute approximate surface area is 84.9 Å². The van der Waals surface area contributed by atoms with Crippen molar-refractivity contribution in [1.82, 2.24) is 4.90 Å². The minimum atomic E-state index is -1.48. The van der Waals surface area contributed by atoms with Gasteiger partial charge in [-0.3, -0.25) is 9.69 Å². The molecule has 1 fully saturated rings. The first-order valence-electron chi connectivity index (χ1n) is 4.40. The molecule has 3 N–H and O–H groups in total. The zero-order chi connectivity index (χ0) is 11.6. The van der Waals surface area contributed by atoms with Gasteiger partial charge in [-0.15, -0.1) is 0 Å². The van der Waals surface area contributed by atoms with Crippen LogP contribution >= 0.6 is 0 Å². The van der Waals surface area contributed by atoms with E-state index in [2.05, 4.69) is 0 Å². The number of nitrogens with zero attached hydrogens (tertiary/aromatic N) is 1. The van der Waals surface area contributed by atoms with Crippen LogP contribution in [0.3, 0.4) is 0 Å². The standard InChI is InChI=1S/C8H11NO6/c10-6(11)4-2-1-3-9(8(14)15)5(4)7(12)13/h4-5H,1-3H2,(H,10,11)(H,12,13)(H,14,15). The Kier molecular flexibility index (Phi) is 3.13. The second-order valence-electron chi connectivity index (χ2n) is 3.35. The van der Waals surface area contributed by atoms with E-state index in [0.717, 1.165) is 0 Å². The van der Waals surface area contributed by atoms with Gasteiger partial charge < -0.3 is 15.3 Å². The first-order chi connectivity index (χ1) is 6.95. The summed E-state index contributed by atoms with van der Waals surface area (Å²) >= 11 is 0. The third-order valence-corrected chi connectivity index (χ3v) is 2.45. The third kappa shape index (κ3) is 2.17. The molecule has 7 heteroatoms. The molecular weight excluding hydrogens is 206 g/mol. The molecule has 0 spiro atoms. The smallest absolute Gasteiger partial charge is 0.408 e. The fraction of sp³-hybridized carbons (Fsp3) is 0.625. The van der Waals surface area contributed by atoms with Crippen LogP contribution in [0.2, 0.25) is 0 Å². The quantitative estimate of drug-likeness (QED) is 0.595. The van der Waals surface area contributed by atoms with E-state index in [9.17, 15) is 14.4 Å². The fourth-order valence-corrected chi connectivity index (χ4v) is 1.77. The molecule has 0 aromatic heterocycles. The maximum atomic E-state index is 10.8. The molecule has 0 saturated carbocycles. The number of hydrogen-bond acceptors (Lipinski definition) is 3. The van der Waals surface area contributed by atoms with Gasteiger partial charge in [-0.1, -0.05) is 0 Å². The molecule has 2 unspecified atom stereocenters. The predicted octanol–water partition coefficient (Wildman–Crippen LogP) is -0.0858. The summed E-state index contributed by atoms with van der Waals surface area (Å²) < 4.78 is 0. The van der Waals surface area contributed by atoms with Gasteiger partial charge in [0.25, 0.3) is 0 Å². The Morgan fingerprint density at radius 1 is 1.07 bits per heavy atom. The van der Waals surface area contributed by atoms with Gasteiger partial charge in [0.2, 0.25) is 0 Å². The van der Waals surface area contributed by atoms with Crippen molar-refractivity contribution in [3.05, 3.63) is 0 Å². The van der Waals surface area contributed by atoms with E-state index in [1.807, 2.05) is 0 Å². The predicted molar refractivity (Wildman–Crippen MR) is 46.5 cm³/mol. The SMILES string of the molecule is O=C(O)C1CCCN(C(=O)O)C1C(=O)O. The van der Waals surface area contributed by atoms with E-state index in [1.165, 1.54) is 0 Å². The lowest BCUT2D eigenvalue weighted by molar-refractivity contribution is -0.156. The molecule has 1 amide bonds. The highest BCUT2D eigenvalue weighted by molar-refractivity contribution is 5.86. The van der Waals surface area contributed by atoms with Gasteiger partial charge in [-0.05, 0) is 12.8 Å². The zero-order valence-electron chi connectivity index (χ0n) is 7.79. The lowest BCUT2D eigenvalue weighted by Crippen LogP contribution is -2.54. The first kappa shape index (κ1) is 11.3. The van der Waals surface area contributed by atoms with Crippen molar-refractivity contribution in [2.45, 2.75) is 18.9 Å². The highest BCUT2D eigenvalue weighted by Gasteiger charge is 2.43. The van der Waals surface area contributed by atoms with Crippen LogP contribution in [0.5, 0.6) is 0 Å². The van der Waals surface area contributed by atoms with Gasteiger partial charge in [0.15, 0.2) is 0 Å². The molecule has 1 saturated heterocycles. The number of carboxylic acid groups (broad SMARTS) is 3. The van der Waals surface area contributed by atoms with Crippen molar-refractivity contribution in [1.29, 1.82) is 0 Å². The van der Waals surface area contributed by atoms with Crippen molar-refractivity contribution in [3.8, 4) is 0 Å². The lowest BCUT2D eigenvalue weighted by Gasteiger charge is -2.34. The Balaban J connectivity index is 2.95. The molecule has 0 aromatic rings. The zero-order valence-corrected chi connectivity index (χ0v) is 7.79. The lowest BCUT2D eigenvalue weighted by atomic mass is 9.89. The van der Waals surface area contributed by atoms with Gasteiger partial charge in [-0.25, -0.2) is 9.59 Å². The van der Waals surface area contributed by atoms with Crippen LogP contribution in [-0.4, -0.2) is 50.8 Å². The summed E-state index contributed by atoms with van der Waals surface area (Å²) in [6.45, 7) is 0.0656. The van der Waals surface area contributed by atoms with Gasteiger partial charge in [0, 0.05) is 6.54 Å². The summed E-state index contributed by atoms with van der Waals surface area (Å²) in [6, 6.07) is -1.48.